The molecule has 4 nitrogen and oxygen atoms in total. The van der Waals surface area contributed by atoms with Crippen molar-refractivity contribution in [2.75, 3.05) is 0 Å². The van der Waals surface area contributed by atoms with Crippen LogP contribution in [-0.2, 0) is 10.8 Å². The molecule has 0 aliphatic heterocycles. The second-order valence-electron chi connectivity index (χ2n) is 25.9. The fraction of sp³-hybridized carbons (Fsp3) is 0.0667. The lowest BCUT2D eigenvalue weighted by Crippen LogP contribution is -2.17. The highest BCUT2D eigenvalue weighted by atomic mass is 14.9. The second-order valence-corrected chi connectivity index (χ2v) is 25.9. The zero-order chi connectivity index (χ0) is 63.1. The largest absolute Gasteiger partial charge is 0.228 e. The Morgan fingerprint density at radius 1 is 0.202 bits per heavy atom. The standard InChI is InChI=1S/2C45H32N2/c1-45(2)38-27-26-32(40-35-24-14-12-22-33(35)39(29-16-6-3-7-17-29)34-23-13-15-25-36(34)40)28-37(38)43-41(45)42(30-18-8-4-9-19-30)46-44(47-43)31-20-10-5-11-21-31;1-45(2)38-28-32(40-35-24-14-12-22-33(35)39(29-16-6-3-7-17-29)34-23-13-15-25-36(34)40)26-27-37(38)43-41(45)42(30-18-8-4-9-19-30)46-44(47-43)31-20-10-5-11-21-31/h2*3-28H,1-2H3. The number of benzene rings is 14. The van der Waals surface area contributed by atoms with E-state index in [1.807, 2.05) is 12.1 Å². The number of rotatable bonds is 8. The molecule has 14 aromatic carbocycles. The molecule has 0 saturated carbocycles. The average Bonchev–Trinajstić information content (AvgIpc) is 1.48. The predicted octanol–water partition coefficient (Wildman–Crippen LogP) is 23.5. The van der Waals surface area contributed by atoms with Crippen LogP contribution < -0.4 is 0 Å². The van der Waals surface area contributed by atoms with Crippen molar-refractivity contribution in [2.24, 2.45) is 0 Å². The molecule has 0 saturated heterocycles. The first-order valence-electron chi connectivity index (χ1n) is 32.5. The van der Waals surface area contributed by atoms with E-state index in [-0.39, 0.29) is 10.8 Å². The van der Waals surface area contributed by atoms with Crippen LogP contribution in [0, 0.1) is 0 Å². The quantitative estimate of drug-likeness (QED) is 0.142. The maximum Gasteiger partial charge on any atom is 0.160 e. The van der Waals surface area contributed by atoms with Crippen molar-refractivity contribution in [2.45, 2.75) is 38.5 Å². The van der Waals surface area contributed by atoms with E-state index < -0.39 is 0 Å². The van der Waals surface area contributed by atoms with Gasteiger partial charge < -0.3 is 0 Å². The first-order chi connectivity index (χ1) is 46.2. The van der Waals surface area contributed by atoms with Crippen molar-refractivity contribution in [3.8, 4) is 112 Å². The average molecular weight is 1200 g/mol. The minimum atomic E-state index is -0.309. The van der Waals surface area contributed by atoms with Gasteiger partial charge in [0.2, 0.25) is 0 Å². The fourth-order valence-electron chi connectivity index (χ4n) is 15.4. The lowest BCUT2D eigenvalue weighted by molar-refractivity contribution is 0.657. The van der Waals surface area contributed by atoms with E-state index in [0.717, 1.165) is 56.7 Å². The molecule has 2 aromatic heterocycles. The lowest BCUT2D eigenvalue weighted by atomic mass is 9.79. The third-order valence-electron chi connectivity index (χ3n) is 19.7. The Morgan fingerprint density at radius 3 is 0.830 bits per heavy atom. The van der Waals surface area contributed by atoms with Crippen molar-refractivity contribution in [1.29, 1.82) is 0 Å². The fourth-order valence-corrected chi connectivity index (χ4v) is 15.4. The summed E-state index contributed by atoms with van der Waals surface area (Å²) in [5.41, 5.74) is 25.0. The first-order valence-corrected chi connectivity index (χ1v) is 32.5. The minimum absolute atomic E-state index is 0.273. The van der Waals surface area contributed by atoms with Gasteiger partial charge in [0.1, 0.15) is 0 Å². The van der Waals surface area contributed by atoms with Crippen LogP contribution in [0.25, 0.3) is 155 Å². The third-order valence-corrected chi connectivity index (χ3v) is 19.7. The molecule has 444 valence electrons. The molecule has 0 atom stereocenters. The lowest BCUT2D eigenvalue weighted by Gasteiger charge is -2.24. The highest BCUT2D eigenvalue weighted by molar-refractivity contribution is 6.23. The number of hydrogen-bond donors (Lipinski definition) is 0. The normalized spacial score (nSPS) is 13.1. The van der Waals surface area contributed by atoms with Crippen LogP contribution in [-0.4, -0.2) is 19.9 Å². The summed E-state index contributed by atoms with van der Waals surface area (Å²) in [5, 5.41) is 10.1. The molecule has 2 aliphatic rings. The third kappa shape index (κ3) is 9.19. The van der Waals surface area contributed by atoms with E-state index in [2.05, 4.69) is 331 Å². The molecule has 0 fully saturated rings. The van der Waals surface area contributed by atoms with Gasteiger partial charge in [0.25, 0.3) is 0 Å². The monoisotopic (exact) mass is 1200 g/mol. The predicted molar refractivity (Wildman–Crippen MR) is 393 cm³/mol. The number of aromatic nitrogens is 4. The Labute approximate surface area is 548 Å². The number of fused-ring (bicyclic) bond motifs is 10. The van der Waals surface area contributed by atoms with Gasteiger partial charge >= 0.3 is 0 Å². The summed E-state index contributed by atoms with van der Waals surface area (Å²) in [7, 11) is 0. The van der Waals surface area contributed by atoms with Crippen LogP contribution in [0.2, 0.25) is 0 Å². The summed E-state index contributed by atoms with van der Waals surface area (Å²) in [6, 6.07) is 113. The molecular formula is C90H64N4. The van der Waals surface area contributed by atoms with Crippen molar-refractivity contribution in [3.63, 3.8) is 0 Å². The van der Waals surface area contributed by atoms with Gasteiger partial charge in [0, 0.05) is 55.3 Å². The molecule has 2 aliphatic carbocycles. The van der Waals surface area contributed by atoms with E-state index in [1.165, 1.54) is 121 Å². The molecule has 94 heavy (non-hydrogen) atoms. The topological polar surface area (TPSA) is 51.6 Å². The molecule has 0 N–H and O–H groups in total. The minimum Gasteiger partial charge on any atom is -0.228 e. The van der Waals surface area contributed by atoms with Crippen molar-refractivity contribution in [1.82, 2.24) is 19.9 Å². The molecule has 4 heteroatoms. The smallest absolute Gasteiger partial charge is 0.160 e. The molecule has 16 aromatic rings. The van der Waals surface area contributed by atoms with Crippen LogP contribution >= 0.6 is 0 Å². The number of hydrogen-bond acceptors (Lipinski definition) is 4. The van der Waals surface area contributed by atoms with Gasteiger partial charge in [-0.3, -0.25) is 0 Å². The van der Waals surface area contributed by atoms with E-state index in [9.17, 15) is 0 Å². The van der Waals surface area contributed by atoms with Crippen LogP contribution in [0.3, 0.4) is 0 Å². The van der Waals surface area contributed by atoms with Gasteiger partial charge in [0.15, 0.2) is 11.6 Å². The first kappa shape index (κ1) is 56.3. The summed E-state index contributed by atoms with van der Waals surface area (Å²) >= 11 is 0. The maximum absolute atomic E-state index is 5.35. The highest BCUT2D eigenvalue weighted by Crippen LogP contribution is 2.56. The van der Waals surface area contributed by atoms with E-state index in [0.29, 0.717) is 0 Å². The van der Waals surface area contributed by atoms with Crippen LogP contribution in [0.5, 0.6) is 0 Å². The van der Waals surface area contributed by atoms with Crippen molar-refractivity contribution in [3.05, 3.63) is 338 Å². The zero-order valence-corrected chi connectivity index (χ0v) is 52.8. The summed E-state index contributed by atoms with van der Waals surface area (Å²) < 4.78 is 0. The summed E-state index contributed by atoms with van der Waals surface area (Å²) in [4.78, 5) is 21.1. The molecule has 18 rings (SSSR count). The van der Waals surface area contributed by atoms with Gasteiger partial charge in [-0.05, 0) is 111 Å². The molecule has 0 bridgehead atoms. The van der Waals surface area contributed by atoms with Gasteiger partial charge in [-0.2, -0.15) is 0 Å². The van der Waals surface area contributed by atoms with Gasteiger partial charge in [0.05, 0.1) is 22.8 Å². The van der Waals surface area contributed by atoms with Crippen molar-refractivity contribution < 1.29 is 0 Å². The van der Waals surface area contributed by atoms with Crippen LogP contribution in [0.15, 0.2) is 315 Å². The molecule has 0 radical (unpaired) electrons. The van der Waals surface area contributed by atoms with E-state index >= 15 is 0 Å². The molecule has 0 amide bonds. The SMILES string of the molecule is CC1(C)c2cc(-c3c4ccccc4c(-c4ccccc4)c4ccccc34)ccc2-c2nc(-c3ccccc3)nc(-c3ccccc3)c21.CC1(C)c2ccc(-c3c4ccccc4c(-c4ccccc4)c4ccccc34)cc2-c2nc(-c3ccccc3)nc(-c3ccccc3)c21. The van der Waals surface area contributed by atoms with E-state index in [1.54, 1.807) is 0 Å². The second kappa shape index (κ2) is 22.6. The van der Waals surface area contributed by atoms with Gasteiger partial charge in [-0.25, -0.2) is 19.9 Å². The molecular weight excluding hydrogens is 1140 g/mol. The van der Waals surface area contributed by atoms with E-state index in [4.69, 9.17) is 19.9 Å². The maximum atomic E-state index is 5.35. The molecule has 0 unspecified atom stereocenters. The Morgan fingerprint density at radius 2 is 0.468 bits per heavy atom. The number of nitrogens with zero attached hydrogens (tertiary/aromatic N) is 4. The summed E-state index contributed by atoms with van der Waals surface area (Å²) in [6.07, 6.45) is 0. The Kier molecular flexibility index (Phi) is 13.5. The zero-order valence-electron chi connectivity index (χ0n) is 52.8. The van der Waals surface area contributed by atoms with Crippen LogP contribution in [0.1, 0.15) is 49.9 Å². The molecule has 2 heterocycles. The Hall–Kier alpha value is -11.7. The molecule has 0 spiro atoms. The summed E-state index contributed by atoms with van der Waals surface area (Å²) in [6.45, 7) is 9.28. The Balaban J connectivity index is 0.000000143. The highest BCUT2D eigenvalue weighted by Gasteiger charge is 2.42. The van der Waals surface area contributed by atoms with Crippen LogP contribution in [0.4, 0.5) is 0 Å². The van der Waals surface area contributed by atoms with Crippen molar-refractivity contribution >= 4 is 43.1 Å². The van der Waals surface area contributed by atoms with Gasteiger partial charge in [-0.1, -0.05) is 331 Å². The summed E-state index contributed by atoms with van der Waals surface area (Å²) in [5.74, 6) is 1.50. The Bertz CT molecular complexity index is 5510. The van der Waals surface area contributed by atoms with Gasteiger partial charge in [-0.15, -0.1) is 0 Å².